The Hall–Kier alpha value is -4.44. The molecule has 0 amide bonds. The van der Waals surface area contributed by atoms with Gasteiger partial charge in [-0.3, -0.25) is 0 Å². The molecule has 0 aliphatic carbocycles. The third-order valence-corrected chi connectivity index (χ3v) is 5.95. The van der Waals surface area contributed by atoms with Crippen molar-refractivity contribution < 1.29 is 33.3 Å². The van der Waals surface area contributed by atoms with Crippen LogP contribution in [0.5, 0.6) is 11.5 Å². The number of carbonyl (C=O) groups excluding carboxylic acids is 3. The molecule has 2 aromatic heterocycles. The number of benzene rings is 2. The van der Waals surface area contributed by atoms with E-state index in [2.05, 4.69) is 5.10 Å². The Morgan fingerprint density at radius 2 is 1.64 bits per heavy atom. The highest BCUT2D eigenvalue weighted by atomic mass is 32.1. The van der Waals surface area contributed by atoms with Gasteiger partial charge in [-0.2, -0.15) is 5.10 Å². The van der Waals surface area contributed by atoms with Gasteiger partial charge in [0, 0.05) is 5.56 Å². The van der Waals surface area contributed by atoms with E-state index in [1.54, 1.807) is 66.9 Å². The molecular formula is C26H22N2O7S. The molecule has 0 N–H and O–H groups in total. The Kier molecular flexibility index (Phi) is 7.45. The maximum Gasteiger partial charge on any atom is 0.357 e. The molecule has 2 aromatic carbocycles. The number of hydrogen-bond acceptors (Lipinski definition) is 9. The quantitative estimate of drug-likeness (QED) is 0.248. The third-order valence-electron chi connectivity index (χ3n) is 5.10. The normalized spacial score (nSPS) is 10.5. The van der Waals surface area contributed by atoms with E-state index in [4.69, 9.17) is 18.9 Å². The van der Waals surface area contributed by atoms with Crippen LogP contribution in [0.15, 0.2) is 66.0 Å². The molecule has 184 valence electrons. The molecule has 10 heteroatoms. The predicted molar refractivity (Wildman–Crippen MR) is 132 cm³/mol. The zero-order valence-electron chi connectivity index (χ0n) is 19.7. The average Bonchev–Trinajstić information content (AvgIpc) is 3.58. The van der Waals surface area contributed by atoms with Gasteiger partial charge in [0.2, 0.25) is 0 Å². The maximum absolute atomic E-state index is 12.9. The van der Waals surface area contributed by atoms with Crippen LogP contribution < -0.4 is 9.47 Å². The van der Waals surface area contributed by atoms with Crippen LogP contribution in [0.1, 0.15) is 37.4 Å². The number of carbonyl (C=O) groups is 3. The largest absolute Gasteiger partial charge is 0.490 e. The van der Waals surface area contributed by atoms with Crippen molar-refractivity contribution in [1.29, 1.82) is 0 Å². The summed E-state index contributed by atoms with van der Waals surface area (Å²) >= 11 is 1.26. The summed E-state index contributed by atoms with van der Waals surface area (Å²) in [6.45, 7) is 2.08. The Morgan fingerprint density at radius 1 is 0.889 bits per heavy atom. The highest BCUT2D eigenvalue weighted by Gasteiger charge is 2.31. The van der Waals surface area contributed by atoms with Gasteiger partial charge in [-0.05, 0) is 48.7 Å². The van der Waals surface area contributed by atoms with Gasteiger partial charge in [0.25, 0.3) is 0 Å². The Morgan fingerprint density at radius 3 is 2.28 bits per heavy atom. The fourth-order valence-corrected chi connectivity index (χ4v) is 4.11. The Balaban J connectivity index is 1.87. The first-order chi connectivity index (χ1) is 17.5. The number of methoxy groups -OCH3 is 2. The summed E-state index contributed by atoms with van der Waals surface area (Å²) in [5, 5.41) is 6.35. The zero-order chi connectivity index (χ0) is 25.7. The van der Waals surface area contributed by atoms with Crippen LogP contribution in [0, 0.1) is 0 Å². The first kappa shape index (κ1) is 24.7. The standard InChI is InChI=1S/C26H22N2O7S/c1-4-34-19-15-16(12-13-18(19)35-24(29)20-11-8-14-36-20)22-21(25(30)32-2)23(26(31)33-3)28(27-22)17-9-6-5-7-10-17/h5-15H,4H2,1-3H3. The summed E-state index contributed by atoms with van der Waals surface area (Å²) in [6.07, 6.45) is 0. The first-order valence-corrected chi connectivity index (χ1v) is 11.7. The van der Waals surface area contributed by atoms with Crippen LogP contribution in [0.25, 0.3) is 16.9 Å². The topological polar surface area (TPSA) is 106 Å². The molecule has 2 heterocycles. The summed E-state index contributed by atoms with van der Waals surface area (Å²) in [5.74, 6) is -1.57. The van der Waals surface area contributed by atoms with Gasteiger partial charge in [0.1, 0.15) is 16.1 Å². The van der Waals surface area contributed by atoms with Gasteiger partial charge in [-0.15, -0.1) is 11.3 Å². The van der Waals surface area contributed by atoms with Crippen molar-refractivity contribution in [3.63, 3.8) is 0 Å². The lowest BCUT2D eigenvalue weighted by Gasteiger charge is -2.12. The number of esters is 3. The lowest BCUT2D eigenvalue weighted by molar-refractivity contribution is 0.0549. The smallest absolute Gasteiger partial charge is 0.357 e. The van der Waals surface area contributed by atoms with E-state index in [-0.39, 0.29) is 28.5 Å². The minimum Gasteiger partial charge on any atom is -0.490 e. The van der Waals surface area contributed by atoms with Gasteiger partial charge in [-0.25, -0.2) is 19.1 Å². The third kappa shape index (κ3) is 4.84. The average molecular weight is 507 g/mol. The lowest BCUT2D eigenvalue weighted by Crippen LogP contribution is -2.15. The van der Waals surface area contributed by atoms with Crippen molar-refractivity contribution in [1.82, 2.24) is 9.78 Å². The molecule has 0 atom stereocenters. The van der Waals surface area contributed by atoms with E-state index in [0.717, 1.165) is 0 Å². The number of thiophene rings is 1. The molecule has 4 aromatic rings. The van der Waals surface area contributed by atoms with Gasteiger partial charge in [-0.1, -0.05) is 24.3 Å². The molecule has 0 aliphatic rings. The second kappa shape index (κ2) is 10.9. The van der Waals surface area contributed by atoms with Crippen LogP contribution in [0.2, 0.25) is 0 Å². The highest BCUT2D eigenvalue weighted by Crippen LogP contribution is 2.36. The molecule has 4 rings (SSSR count). The highest BCUT2D eigenvalue weighted by molar-refractivity contribution is 7.12. The van der Waals surface area contributed by atoms with Crippen LogP contribution in [0.4, 0.5) is 0 Å². The number of ether oxygens (including phenoxy) is 4. The molecule has 0 spiro atoms. The molecule has 9 nitrogen and oxygen atoms in total. The fraction of sp³-hybridized carbons (Fsp3) is 0.154. The Bertz CT molecular complexity index is 1400. The van der Waals surface area contributed by atoms with Gasteiger partial charge in [0.05, 0.1) is 26.5 Å². The summed E-state index contributed by atoms with van der Waals surface area (Å²) in [4.78, 5) is 38.6. The monoisotopic (exact) mass is 506 g/mol. The minimum atomic E-state index is -0.765. The van der Waals surface area contributed by atoms with Crippen LogP contribution >= 0.6 is 11.3 Å². The number of hydrogen-bond donors (Lipinski definition) is 0. The number of nitrogens with zero attached hydrogens (tertiary/aromatic N) is 2. The predicted octanol–water partition coefficient (Wildman–Crippen LogP) is 4.79. The van der Waals surface area contributed by atoms with E-state index < -0.39 is 17.9 Å². The van der Waals surface area contributed by atoms with Gasteiger partial charge in [0.15, 0.2) is 17.2 Å². The van der Waals surface area contributed by atoms with Crippen LogP contribution in [0.3, 0.4) is 0 Å². The van der Waals surface area contributed by atoms with E-state index >= 15 is 0 Å². The number of para-hydroxylation sites is 1. The molecule has 0 unspecified atom stereocenters. The molecule has 0 aliphatic heterocycles. The van der Waals surface area contributed by atoms with E-state index in [1.165, 1.54) is 30.2 Å². The Labute approximate surface area is 210 Å². The molecular weight excluding hydrogens is 484 g/mol. The first-order valence-electron chi connectivity index (χ1n) is 10.9. The lowest BCUT2D eigenvalue weighted by atomic mass is 10.0. The van der Waals surface area contributed by atoms with Crippen molar-refractivity contribution >= 4 is 29.2 Å². The van der Waals surface area contributed by atoms with E-state index in [9.17, 15) is 14.4 Å². The van der Waals surface area contributed by atoms with Gasteiger partial charge < -0.3 is 18.9 Å². The van der Waals surface area contributed by atoms with Crippen molar-refractivity contribution in [2.45, 2.75) is 6.92 Å². The molecule has 36 heavy (non-hydrogen) atoms. The zero-order valence-corrected chi connectivity index (χ0v) is 20.5. The molecule has 0 radical (unpaired) electrons. The van der Waals surface area contributed by atoms with Crippen molar-refractivity contribution in [2.24, 2.45) is 0 Å². The molecule has 0 fully saturated rings. The number of rotatable bonds is 8. The van der Waals surface area contributed by atoms with Crippen LogP contribution in [-0.2, 0) is 9.47 Å². The summed E-state index contributed by atoms with van der Waals surface area (Å²) in [7, 11) is 2.43. The molecule has 0 saturated carbocycles. The summed E-state index contributed by atoms with van der Waals surface area (Å²) in [5.41, 5.74) is 0.995. The van der Waals surface area contributed by atoms with Crippen molar-refractivity contribution in [3.8, 4) is 28.4 Å². The van der Waals surface area contributed by atoms with Crippen molar-refractivity contribution in [2.75, 3.05) is 20.8 Å². The summed E-state index contributed by atoms with van der Waals surface area (Å²) < 4.78 is 22.5. The van der Waals surface area contributed by atoms with Crippen LogP contribution in [-0.4, -0.2) is 48.5 Å². The van der Waals surface area contributed by atoms with Crippen molar-refractivity contribution in [3.05, 3.63) is 82.2 Å². The summed E-state index contributed by atoms with van der Waals surface area (Å²) in [6, 6.07) is 17.0. The van der Waals surface area contributed by atoms with E-state index in [1.807, 2.05) is 6.07 Å². The molecule has 0 saturated heterocycles. The maximum atomic E-state index is 12.9. The number of aromatic nitrogens is 2. The molecule has 0 bridgehead atoms. The minimum absolute atomic E-state index is 0.0704. The fourth-order valence-electron chi connectivity index (χ4n) is 3.51. The second-order valence-electron chi connectivity index (χ2n) is 7.26. The van der Waals surface area contributed by atoms with Gasteiger partial charge >= 0.3 is 17.9 Å². The SMILES string of the molecule is CCOc1cc(-c2nn(-c3ccccc3)c(C(=O)OC)c2C(=O)OC)ccc1OC(=O)c1cccs1. The second-order valence-corrected chi connectivity index (χ2v) is 8.21. The van der Waals surface area contributed by atoms with E-state index in [0.29, 0.717) is 22.7 Å².